The first-order valence-corrected chi connectivity index (χ1v) is 22.5. The van der Waals surface area contributed by atoms with E-state index in [4.69, 9.17) is 0 Å². The third-order valence-corrected chi connectivity index (χ3v) is 12.7. The molecule has 0 radical (unpaired) electrons. The molecule has 0 heterocycles. The van der Waals surface area contributed by atoms with Crippen molar-refractivity contribution in [2.24, 2.45) is 5.92 Å². The molecule has 0 spiro atoms. The quantitative estimate of drug-likeness (QED) is 0.120. The Kier molecular flexibility index (Phi) is 11.5. The van der Waals surface area contributed by atoms with Gasteiger partial charge in [0, 0.05) is 34.1 Å². The van der Waals surface area contributed by atoms with Crippen molar-refractivity contribution in [1.29, 1.82) is 0 Å². The van der Waals surface area contributed by atoms with Crippen molar-refractivity contribution in [3.8, 4) is 33.4 Å². The van der Waals surface area contributed by atoms with Crippen LogP contribution in [0.1, 0.15) is 49.7 Å². The fourth-order valence-electron chi connectivity index (χ4n) is 9.10. The maximum atomic E-state index is 2.38. The first-order chi connectivity index (χ1) is 31.1. The Morgan fingerprint density at radius 2 is 0.730 bits per heavy atom. The zero-order chi connectivity index (χ0) is 42.4. The van der Waals surface area contributed by atoms with Crippen molar-refractivity contribution in [3.05, 3.63) is 248 Å². The molecule has 0 fully saturated rings. The maximum Gasteiger partial charge on any atom is 0.0462 e. The Balaban J connectivity index is 0.948. The van der Waals surface area contributed by atoms with Crippen molar-refractivity contribution in [2.45, 2.75) is 38.5 Å². The van der Waals surface area contributed by atoms with Crippen LogP contribution in [0.4, 0.5) is 34.1 Å². The fraction of sp³-hybridized carbons (Fsp3) is 0.115. The summed E-state index contributed by atoms with van der Waals surface area (Å²) >= 11 is 0. The highest BCUT2D eigenvalue weighted by molar-refractivity contribution is 5.83. The smallest absolute Gasteiger partial charge is 0.0462 e. The summed E-state index contributed by atoms with van der Waals surface area (Å²) in [6.45, 7) is 2.27. The molecule has 0 aromatic heterocycles. The summed E-state index contributed by atoms with van der Waals surface area (Å²) in [7, 11) is 0. The topological polar surface area (TPSA) is 6.48 Å². The average molecular weight is 813 g/mol. The highest BCUT2D eigenvalue weighted by atomic mass is 15.1. The number of rotatable bonds is 11. The number of allylic oxidation sites excluding steroid dienone is 6. The minimum atomic E-state index is 0.590. The normalized spacial score (nSPS) is 15.7. The van der Waals surface area contributed by atoms with E-state index < -0.39 is 0 Å². The molecule has 2 unspecified atom stereocenters. The zero-order valence-electron chi connectivity index (χ0n) is 35.9. The second kappa shape index (κ2) is 18.3. The van der Waals surface area contributed by atoms with Crippen LogP contribution < -0.4 is 9.80 Å². The van der Waals surface area contributed by atoms with Gasteiger partial charge in [-0.15, -0.1) is 0 Å². The summed E-state index contributed by atoms with van der Waals surface area (Å²) < 4.78 is 0. The summed E-state index contributed by atoms with van der Waals surface area (Å²) in [4.78, 5) is 4.73. The van der Waals surface area contributed by atoms with Gasteiger partial charge in [0.05, 0.1) is 0 Å². The van der Waals surface area contributed by atoms with E-state index in [9.17, 15) is 0 Å². The van der Waals surface area contributed by atoms with Gasteiger partial charge >= 0.3 is 0 Å². The first kappa shape index (κ1) is 39.7. The number of benzene rings is 8. The van der Waals surface area contributed by atoms with Crippen LogP contribution in [0.25, 0.3) is 39.0 Å². The van der Waals surface area contributed by atoms with Crippen molar-refractivity contribution in [1.82, 2.24) is 0 Å². The SMILES string of the molecule is CC1C=CC(c2ccc(N(c3ccc(-c4ccccc4)cc3)c3ccc(-c4ccc(N(c5ccc(-c6ccccc6)cc5)c5ccc(C6CC=CCC6)cc5)cc4)cc3)cc2)=CC1. The molecule has 0 bridgehead atoms. The van der Waals surface area contributed by atoms with Gasteiger partial charge in [-0.3, -0.25) is 0 Å². The number of hydrogen-bond acceptors (Lipinski definition) is 2. The Bertz CT molecular complexity index is 2840. The van der Waals surface area contributed by atoms with E-state index in [0.29, 0.717) is 11.8 Å². The second-order valence-corrected chi connectivity index (χ2v) is 16.9. The second-order valence-electron chi connectivity index (χ2n) is 16.9. The molecule has 0 saturated heterocycles. The van der Waals surface area contributed by atoms with Crippen LogP contribution in [-0.2, 0) is 0 Å². The molecule has 0 saturated carbocycles. The largest absolute Gasteiger partial charge is 0.311 e. The van der Waals surface area contributed by atoms with Crippen LogP contribution in [0.2, 0.25) is 0 Å². The van der Waals surface area contributed by atoms with Gasteiger partial charge in [0.15, 0.2) is 0 Å². The van der Waals surface area contributed by atoms with E-state index >= 15 is 0 Å². The van der Waals surface area contributed by atoms with Gasteiger partial charge in [-0.1, -0.05) is 171 Å². The standard InChI is InChI=1S/C61H52N2/c1-45-17-19-49(20-18-45)53-27-39-59(40-28-53)63(58-37-25-52(26-38-58)48-15-9-4-10-16-48)61-43-31-55(32-44-61)54-29-41-60(42-30-54)62(56-33-21-50(22-34-56)46-11-5-2-6-12-46)57-35-23-51(24-36-57)47-13-7-3-8-14-47/h2-7,9-12,15-17,19-45,47H,8,13-14,18H2,1H3. The van der Waals surface area contributed by atoms with E-state index in [1.807, 2.05) is 0 Å². The van der Waals surface area contributed by atoms with Crippen LogP contribution in [-0.4, -0.2) is 0 Å². The minimum absolute atomic E-state index is 0.590. The Morgan fingerprint density at radius 1 is 0.365 bits per heavy atom. The predicted octanol–water partition coefficient (Wildman–Crippen LogP) is 17.4. The van der Waals surface area contributed by atoms with Crippen LogP contribution in [0.15, 0.2) is 237 Å². The lowest BCUT2D eigenvalue weighted by molar-refractivity contribution is 0.617. The van der Waals surface area contributed by atoms with Crippen molar-refractivity contribution >= 4 is 39.7 Å². The van der Waals surface area contributed by atoms with Crippen molar-refractivity contribution in [2.75, 3.05) is 9.80 Å². The molecule has 63 heavy (non-hydrogen) atoms. The molecule has 2 heteroatoms. The molecule has 2 atom stereocenters. The van der Waals surface area contributed by atoms with Crippen LogP contribution in [0.5, 0.6) is 0 Å². The molecule has 8 aromatic carbocycles. The molecular formula is C61H52N2. The van der Waals surface area contributed by atoms with Crippen LogP contribution >= 0.6 is 0 Å². The molecule has 306 valence electrons. The molecule has 2 aliphatic carbocycles. The lowest BCUT2D eigenvalue weighted by Gasteiger charge is -2.27. The summed E-state index contributed by atoms with van der Waals surface area (Å²) in [5.74, 6) is 1.18. The molecule has 2 aliphatic rings. The zero-order valence-corrected chi connectivity index (χ0v) is 35.9. The number of hydrogen-bond donors (Lipinski definition) is 0. The van der Waals surface area contributed by atoms with Crippen LogP contribution in [0.3, 0.4) is 0 Å². The van der Waals surface area contributed by atoms with Crippen molar-refractivity contribution in [3.63, 3.8) is 0 Å². The van der Waals surface area contributed by atoms with E-state index in [0.717, 1.165) is 53.4 Å². The lowest BCUT2D eigenvalue weighted by Crippen LogP contribution is -2.10. The summed E-state index contributed by atoms with van der Waals surface area (Å²) in [5, 5.41) is 0. The highest BCUT2D eigenvalue weighted by Crippen LogP contribution is 2.41. The number of nitrogens with zero attached hydrogens (tertiary/aromatic N) is 2. The fourth-order valence-corrected chi connectivity index (χ4v) is 9.10. The Labute approximate surface area is 373 Å². The third kappa shape index (κ3) is 8.85. The molecule has 10 rings (SSSR count). The Hall–Kier alpha value is -7.42. The van der Waals surface area contributed by atoms with E-state index in [1.165, 1.54) is 56.5 Å². The van der Waals surface area contributed by atoms with Gasteiger partial charge in [-0.05, 0) is 160 Å². The van der Waals surface area contributed by atoms with E-state index in [-0.39, 0.29) is 0 Å². The van der Waals surface area contributed by atoms with Gasteiger partial charge in [0.25, 0.3) is 0 Å². The monoisotopic (exact) mass is 812 g/mol. The van der Waals surface area contributed by atoms with Gasteiger partial charge in [0.1, 0.15) is 0 Å². The maximum absolute atomic E-state index is 2.38. The third-order valence-electron chi connectivity index (χ3n) is 12.7. The van der Waals surface area contributed by atoms with Gasteiger partial charge in [-0.25, -0.2) is 0 Å². The van der Waals surface area contributed by atoms with Gasteiger partial charge < -0.3 is 9.80 Å². The van der Waals surface area contributed by atoms with Gasteiger partial charge in [-0.2, -0.15) is 0 Å². The average Bonchev–Trinajstić information content (AvgIpc) is 3.37. The minimum Gasteiger partial charge on any atom is -0.311 e. The van der Waals surface area contributed by atoms with E-state index in [2.05, 4.69) is 253 Å². The molecule has 0 amide bonds. The van der Waals surface area contributed by atoms with Crippen molar-refractivity contribution < 1.29 is 0 Å². The molecule has 8 aromatic rings. The highest BCUT2D eigenvalue weighted by Gasteiger charge is 2.18. The Morgan fingerprint density at radius 3 is 1.08 bits per heavy atom. The molecule has 2 nitrogen and oxygen atoms in total. The number of anilines is 6. The van der Waals surface area contributed by atoms with Crippen LogP contribution in [0, 0.1) is 5.92 Å². The summed E-state index contributed by atoms with van der Waals surface area (Å²) in [5.41, 5.74) is 17.9. The molecular weight excluding hydrogens is 761 g/mol. The lowest BCUT2D eigenvalue weighted by atomic mass is 9.88. The first-order valence-electron chi connectivity index (χ1n) is 22.5. The summed E-state index contributed by atoms with van der Waals surface area (Å²) in [6, 6.07) is 75.4. The molecule has 0 N–H and O–H groups in total. The summed E-state index contributed by atoms with van der Waals surface area (Å²) in [6.07, 6.45) is 16.2. The predicted molar refractivity (Wildman–Crippen MR) is 269 cm³/mol. The van der Waals surface area contributed by atoms with E-state index in [1.54, 1.807) is 0 Å². The van der Waals surface area contributed by atoms with Gasteiger partial charge in [0.2, 0.25) is 0 Å². The molecule has 0 aliphatic heterocycles.